The summed E-state index contributed by atoms with van der Waals surface area (Å²) in [6.07, 6.45) is 0. The van der Waals surface area contributed by atoms with Crippen LogP contribution in [0.1, 0.15) is 13.8 Å². The van der Waals surface area contributed by atoms with E-state index in [-0.39, 0.29) is 6.01 Å². The van der Waals surface area contributed by atoms with Gasteiger partial charge in [0.2, 0.25) is 0 Å². The second-order valence-electron chi connectivity index (χ2n) is 1.94. The Kier molecular flexibility index (Phi) is 2.76. The molecular formula is C6H11N3OS. The zero-order chi connectivity index (χ0) is 8.27. The fourth-order valence-corrected chi connectivity index (χ4v) is 1.48. The predicted molar refractivity (Wildman–Crippen MR) is 43.8 cm³/mol. The largest absolute Gasteiger partial charge is 0.478 e. The molecule has 0 spiro atoms. The van der Waals surface area contributed by atoms with Crippen LogP contribution in [-0.4, -0.2) is 25.6 Å². The number of hydrogen-bond acceptors (Lipinski definition) is 4. The molecule has 0 atom stereocenters. The maximum Gasteiger partial charge on any atom is 0.333 e. The third-order valence-electron chi connectivity index (χ3n) is 1.20. The van der Waals surface area contributed by atoms with Crippen molar-refractivity contribution in [2.24, 2.45) is 0 Å². The first kappa shape index (κ1) is 8.39. The van der Waals surface area contributed by atoms with Gasteiger partial charge in [-0.05, 0) is 12.7 Å². The second kappa shape index (κ2) is 3.61. The van der Waals surface area contributed by atoms with E-state index in [1.165, 1.54) is 0 Å². The molecule has 0 saturated carbocycles. The van der Waals surface area contributed by atoms with Crippen molar-refractivity contribution >= 4 is 11.8 Å². The van der Waals surface area contributed by atoms with Gasteiger partial charge >= 0.3 is 6.01 Å². The Morgan fingerprint density at radius 2 is 2.27 bits per heavy atom. The van der Waals surface area contributed by atoms with Crippen LogP contribution in [0.15, 0.2) is 5.16 Å². The van der Waals surface area contributed by atoms with E-state index in [1.54, 1.807) is 16.4 Å². The number of thioether (sulfide) groups is 1. The lowest BCUT2D eigenvalue weighted by Crippen LogP contribution is -1.98. The van der Waals surface area contributed by atoms with Crippen molar-refractivity contribution in [1.82, 2.24) is 14.8 Å². The van der Waals surface area contributed by atoms with Crippen LogP contribution >= 0.6 is 11.8 Å². The molecule has 0 bridgehead atoms. The molecule has 0 saturated heterocycles. The molecule has 1 heterocycles. The van der Waals surface area contributed by atoms with E-state index in [0.29, 0.717) is 0 Å². The lowest BCUT2D eigenvalue weighted by molar-refractivity contribution is 0.424. The Morgan fingerprint density at radius 1 is 1.55 bits per heavy atom. The molecule has 5 heteroatoms. The maximum atomic E-state index is 8.94. The van der Waals surface area contributed by atoms with Gasteiger partial charge in [0.25, 0.3) is 0 Å². The molecule has 0 radical (unpaired) electrons. The highest BCUT2D eigenvalue weighted by molar-refractivity contribution is 7.99. The molecule has 0 unspecified atom stereocenters. The van der Waals surface area contributed by atoms with E-state index in [4.69, 9.17) is 5.11 Å². The van der Waals surface area contributed by atoms with Crippen LogP contribution in [0.4, 0.5) is 0 Å². The highest BCUT2D eigenvalue weighted by atomic mass is 32.2. The van der Waals surface area contributed by atoms with Crippen LogP contribution in [0.5, 0.6) is 6.01 Å². The number of aromatic hydroxyl groups is 1. The third kappa shape index (κ3) is 1.86. The minimum absolute atomic E-state index is 0.136. The van der Waals surface area contributed by atoms with Gasteiger partial charge in [-0.15, -0.1) is 5.10 Å². The Morgan fingerprint density at radius 3 is 2.82 bits per heavy atom. The van der Waals surface area contributed by atoms with E-state index >= 15 is 0 Å². The van der Waals surface area contributed by atoms with Gasteiger partial charge in [-0.3, -0.25) is 0 Å². The van der Waals surface area contributed by atoms with Gasteiger partial charge in [-0.2, -0.15) is 4.98 Å². The Labute approximate surface area is 69.6 Å². The van der Waals surface area contributed by atoms with E-state index in [0.717, 1.165) is 17.5 Å². The highest BCUT2D eigenvalue weighted by Gasteiger charge is 2.05. The quantitative estimate of drug-likeness (QED) is 0.696. The summed E-state index contributed by atoms with van der Waals surface area (Å²) in [6, 6.07) is -0.136. The number of hydrogen-bond donors (Lipinski definition) is 1. The van der Waals surface area contributed by atoms with Gasteiger partial charge in [0.15, 0.2) is 5.16 Å². The molecule has 1 rings (SSSR count). The molecular weight excluding hydrogens is 162 g/mol. The average Bonchev–Trinajstić information content (AvgIpc) is 2.32. The maximum absolute atomic E-state index is 8.94. The molecule has 4 nitrogen and oxygen atoms in total. The van der Waals surface area contributed by atoms with Crippen LogP contribution in [-0.2, 0) is 6.54 Å². The molecule has 0 aliphatic heterocycles. The molecule has 1 aromatic rings. The van der Waals surface area contributed by atoms with Crippen LogP contribution in [0.2, 0.25) is 0 Å². The topological polar surface area (TPSA) is 50.9 Å². The monoisotopic (exact) mass is 173 g/mol. The van der Waals surface area contributed by atoms with Crippen molar-refractivity contribution in [3.63, 3.8) is 0 Å². The highest BCUT2D eigenvalue weighted by Crippen LogP contribution is 2.16. The fraction of sp³-hybridized carbons (Fsp3) is 0.667. The Hall–Kier alpha value is -0.710. The molecule has 11 heavy (non-hydrogen) atoms. The van der Waals surface area contributed by atoms with Gasteiger partial charge in [-0.25, -0.2) is 4.68 Å². The fourth-order valence-electron chi connectivity index (χ4n) is 0.758. The van der Waals surface area contributed by atoms with Crippen molar-refractivity contribution in [3.05, 3.63) is 0 Å². The summed E-state index contributed by atoms with van der Waals surface area (Å²) < 4.78 is 1.68. The number of aromatic nitrogens is 3. The third-order valence-corrected chi connectivity index (χ3v) is 2.05. The molecule has 0 aliphatic carbocycles. The van der Waals surface area contributed by atoms with Crippen molar-refractivity contribution in [1.29, 1.82) is 0 Å². The van der Waals surface area contributed by atoms with Gasteiger partial charge in [0, 0.05) is 6.54 Å². The van der Waals surface area contributed by atoms with Gasteiger partial charge in [-0.1, -0.05) is 18.7 Å². The second-order valence-corrected chi connectivity index (χ2v) is 3.17. The first-order valence-electron chi connectivity index (χ1n) is 3.54. The zero-order valence-electron chi connectivity index (χ0n) is 6.61. The Balaban J connectivity index is 2.83. The molecule has 0 aromatic carbocycles. The minimum atomic E-state index is -0.136. The van der Waals surface area contributed by atoms with Crippen molar-refractivity contribution in [2.45, 2.75) is 25.5 Å². The van der Waals surface area contributed by atoms with Gasteiger partial charge in [0.1, 0.15) is 0 Å². The minimum Gasteiger partial charge on any atom is -0.478 e. The normalized spacial score (nSPS) is 10.4. The summed E-state index contributed by atoms with van der Waals surface area (Å²) in [5.74, 6) is 0.943. The van der Waals surface area contributed by atoms with Gasteiger partial charge < -0.3 is 5.11 Å². The average molecular weight is 173 g/mol. The molecule has 1 aromatic heterocycles. The van der Waals surface area contributed by atoms with Crippen LogP contribution in [0.25, 0.3) is 0 Å². The lowest BCUT2D eigenvalue weighted by atomic mass is 10.8. The van der Waals surface area contributed by atoms with E-state index in [2.05, 4.69) is 10.1 Å². The van der Waals surface area contributed by atoms with Crippen molar-refractivity contribution in [3.8, 4) is 6.01 Å². The molecule has 0 fully saturated rings. The summed E-state index contributed by atoms with van der Waals surface area (Å²) in [6.45, 7) is 4.75. The summed E-state index contributed by atoms with van der Waals surface area (Å²) in [5, 5.41) is 13.5. The molecule has 62 valence electrons. The summed E-state index contributed by atoms with van der Waals surface area (Å²) in [5.41, 5.74) is 0. The number of aryl methyl sites for hydroxylation is 1. The number of rotatable bonds is 3. The van der Waals surface area contributed by atoms with Crippen molar-refractivity contribution < 1.29 is 5.11 Å². The lowest BCUT2D eigenvalue weighted by Gasteiger charge is -1.97. The predicted octanol–water partition coefficient (Wildman–Crippen LogP) is 1.12. The van der Waals surface area contributed by atoms with E-state index < -0.39 is 0 Å². The van der Waals surface area contributed by atoms with E-state index in [1.807, 2.05) is 13.8 Å². The standard InChI is InChI=1S/C6H11N3OS/c1-3-9-6(11-4-2)7-5(10)8-9/h3-4H2,1-2H3,(H,8,10). The van der Waals surface area contributed by atoms with Crippen LogP contribution < -0.4 is 0 Å². The molecule has 0 aliphatic rings. The molecule has 0 amide bonds. The Bertz CT molecular complexity index is 236. The van der Waals surface area contributed by atoms with Crippen LogP contribution in [0, 0.1) is 0 Å². The zero-order valence-corrected chi connectivity index (χ0v) is 7.43. The first-order valence-corrected chi connectivity index (χ1v) is 4.53. The van der Waals surface area contributed by atoms with Crippen molar-refractivity contribution in [2.75, 3.05) is 5.75 Å². The van der Waals surface area contributed by atoms with E-state index in [9.17, 15) is 0 Å². The summed E-state index contributed by atoms with van der Waals surface area (Å²) in [7, 11) is 0. The number of nitrogens with zero attached hydrogens (tertiary/aromatic N) is 3. The van der Waals surface area contributed by atoms with Gasteiger partial charge in [0.05, 0.1) is 0 Å². The SMILES string of the molecule is CCSc1nc(O)nn1CC. The smallest absolute Gasteiger partial charge is 0.333 e. The summed E-state index contributed by atoms with van der Waals surface area (Å²) >= 11 is 1.58. The van der Waals surface area contributed by atoms with Crippen LogP contribution in [0.3, 0.4) is 0 Å². The summed E-state index contributed by atoms with van der Waals surface area (Å²) in [4.78, 5) is 3.84. The first-order chi connectivity index (χ1) is 5.27. The molecule has 1 N–H and O–H groups in total.